The molecule has 3 nitrogen and oxygen atoms in total. The average Bonchev–Trinajstić information content (AvgIpc) is 2.29. The summed E-state index contributed by atoms with van der Waals surface area (Å²) in [6, 6.07) is 5.21. The van der Waals surface area contributed by atoms with Gasteiger partial charge in [-0.3, -0.25) is 4.79 Å². The first-order valence-corrected chi connectivity index (χ1v) is 5.62. The number of hydrogen-bond donors (Lipinski definition) is 1. The minimum atomic E-state index is -0.529. The third-order valence-electron chi connectivity index (χ3n) is 2.29. The van der Waals surface area contributed by atoms with Gasteiger partial charge in [0.05, 0.1) is 5.03 Å². The van der Waals surface area contributed by atoms with Crippen LogP contribution in [0.4, 0.5) is 0 Å². The normalized spacial score (nSPS) is 14.7. The summed E-state index contributed by atoms with van der Waals surface area (Å²) < 4.78 is 5.49. The predicted octanol–water partition coefficient (Wildman–Crippen LogP) is 2.72. The van der Waals surface area contributed by atoms with Crippen LogP contribution in [0.1, 0.15) is 5.56 Å². The number of ether oxygens (including phenoxy) is 1. The lowest BCUT2D eigenvalue weighted by molar-refractivity contribution is -0.113. The number of rotatable bonds is 2. The largest absolute Gasteiger partial charge is 0.488 e. The van der Waals surface area contributed by atoms with Crippen molar-refractivity contribution in [2.24, 2.45) is 5.73 Å². The molecule has 1 aromatic rings. The van der Waals surface area contributed by atoms with Gasteiger partial charge in [0, 0.05) is 22.2 Å². The van der Waals surface area contributed by atoms with Crippen LogP contribution in [-0.2, 0) is 4.79 Å². The Morgan fingerprint density at radius 2 is 2.18 bits per heavy atom. The van der Waals surface area contributed by atoms with Gasteiger partial charge in [-0.2, -0.15) is 0 Å². The maximum Gasteiger partial charge on any atom is 0.241 e. The summed E-state index contributed by atoms with van der Waals surface area (Å²) in [5, 5.41) is 1.09. The van der Waals surface area contributed by atoms with Crippen molar-refractivity contribution in [2.45, 2.75) is 0 Å². The van der Waals surface area contributed by atoms with E-state index in [0.29, 0.717) is 28.0 Å². The van der Waals surface area contributed by atoms with E-state index in [2.05, 4.69) is 0 Å². The Kier molecular flexibility index (Phi) is 3.41. The minimum Gasteiger partial charge on any atom is -0.488 e. The molecule has 0 fully saturated rings. The van der Waals surface area contributed by atoms with Gasteiger partial charge < -0.3 is 10.5 Å². The highest BCUT2D eigenvalue weighted by Crippen LogP contribution is 2.37. The highest BCUT2D eigenvalue weighted by atomic mass is 35.5. The van der Waals surface area contributed by atoms with E-state index in [-0.39, 0.29) is 0 Å². The third-order valence-corrected chi connectivity index (χ3v) is 2.97. The zero-order chi connectivity index (χ0) is 12.4. The summed E-state index contributed by atoms with van der Waals surface area (Å²) >= 11 is 12.1. The lowest BCUT2D eigenvalue weighted by atomic mass is 10.1. The van der Waals surface area contributed by atoms with Crippen molar-refractivity contribution in [3.63, 3.8) is 0 Å². The number of fused-ring (bicyclic) bond motifs is 1. The van der Waals surface area contributed by atoms with Crippen molar-refractivity contribution < 1.29 is 9.53 Å². The van der Waals surface area contributed by atoms with Crippen molar-refractivity contribution in [1.29, 1.82) is 0 Å². The highest BCUT2D eigenvalue weighted by Gasteiger charge is 2.17. The SMILES string of the molecule is NC(=O)/C=C\C1=C(Cl)c2cc(Cl)ccc2OC1. The Hall–Kier alpha value is -1.45. The summed E-state index contributed by atoms with van der Waals surface area (Å²) in [6.45, 7) is 0.303. The summed E-state index contributed by atoms with van der Waals surface area (Å²) in [4.78, 5) is 10.7. The maximum atomic E-state index is 10.7. The zero-order valence-corrected chi connectivity index (χ0v) is 10.3. The van der Waals surface area contributed by atoms with Gasteiger partial charge in [-0.15, -0.1) is 0 Å². The number of primary amides is 1. The van der Waals surface area contributed by atoms with E-state index in [9.17, 15) is 4.79 Å². The number of carbonyl (C=O) groups is 1. The number of nitrogens with two attached hydrogens (primary N) is 1. The molecule has 0 aliphatic carbocycles. The average molecular weight is 270 g/mol. The van der Waals surface area contributed by atoms with Crippen molar-refractivity contribution in [3.8, 4) is 5.75 Å². The van der Waals surface area contributed by atoms with E-state index >= 15 is 0 Å². The van der Waals surface area contributed by atoms with Crippen molar-refractivity contribution in [3.05, 3.63) is 46.5 Å². The molecule has 5 heteroatoms. The molecule has 2 rings (SSSR count). The quantitative estimate of drug-likeness (QED) is 0.840. The van der Waals surface area contributed by atoms with Crippen LogP contribution in [0.25, 0.3) is 5.03 Å². The standard InChI is InChI=1S/C12H9Cl2NO2/c13-8-2-3-10-9(5-8)12(14)7(6-17-10)1-4-11(15)16/h1-5H,6H2,(H2,15,16)/b4-1-. The summed E-state index contributed by atoms with van der Waals surface area (Å²) in [7, 11) is 0. The first-order valence-electron chi connectivity index (χ1n) is 4.87. The zero-order valence-electron chi connectivity index (χ0n) is 8.74. The monoisotopic (exact) mass is 269 g/mol. The van der Waals surface area contributed by atoms with Crippen LogP contribution in [0, 0.1) is 0 Å². The Morgan fingerprint density at radius 1 is 1.41 bits per heavy atom. The molecule has 17 heavy (non-hydrogen) atoms. The summed E-state index contributed by atoms with van der Waals surface area (Å²) in [6.07, 6.45) is 2.80. The topological polar surface area (TPSA) is 52.3 Å². The second kappa shape index (κ2) is 4.82. The predicted molar refractivity (Wildman–Crippen MR) is 68.1 cm³/mol. The van der Waals surface area contributed by atoms with Crippen LogP contribution in [0.5, 0.6) is 5.75 Å². The van der Waals surface area contributed by atoms with E-state index in [0.717, 1.165) is 5.56 Å². The Balaban J connectivity index is 2.43. The van der Waals surface area contributed by atoms with E-state index in [1.165, 1.54) is 6.08 Å². The van der Waals surface area contributed by atoms with Gasteiger partial charge in [0.15, 0.2) is 0 Å². The van der Waals surface area contributed by atoms with Gasteiger partial charge in [-0.25, -0.2) is 0 Å². The van der Waals surface area contributed by atoms with Crippen molar-refractivity contribution in [2.75, 3.05) is 6.61 Å². The molecule has 1 aliphatic heterocycles. The molecule has 0 bridgehead atoms. The van der Waals surface area contributed by atoms with Crippen LogP contribution in [-0.4, -0.2) is 12.5 Å². The molecule has 1 aliphatic rings. The van der Waals surface area contributed by atoms with E-state index in [1.807, 2.05) is 0 Å². The molecule has 0 aromatic heterocycles. The number of benzene rings is 1. The molecule has 1 aromatic carbocycles. The molecule has 2 N–H and O–H groups in total. The number of halogens is 2. The molecule has 1 amide bonds. The number of amides is 1. The molecule has 0 saturated heterocycles. The molecule has 88 valence electrons. The molecule has 0 atom stereocenters. The van der Waals surface area contributed by atoms with Gasteiger partial charge >= 0.3 is 0 Å². The fourth-order valence-corrected chi connectivity index (χ4v) is 1.93. The second-order valence-electron chi connectivity index (χ2n) is 3.50. The molecule has 0 radical (unpaired) electrons. The van der Waals surface area contributed by atoms with Crippen LogP contribution in [0.2, 0.25) is 5.02 Å². The molecule has 0 spiro atoms. The Morgan fingerprint density at radius 3 is 2.88 bits per heavy atom. The lowest BCUT2D eigenvalue weighted by Gasteiger charge is -2.19. The molecule has 1 heterocycles. The fourth-order valence-electron chi connectivity index (χ4n) is 1.50. The lowest BCUT2D eigenvalue weighted by Crippen LogP contribution is -2.10. The third kappa shape index (κ3) is 2.62. The van der Waals surface area contributed by atoms with E-state index in [4.69, 9.17) is 33.7 Å². The van der Waals surface area contributed by atoms with Crippen LogP contribution in [0.3, 0.4) is 0 Å². The van der Waals surface area contributed by atoms with Gasteiger partial charge in [-0.1, -0.05) is 23.2 Å². The van der Waals surface area contributed by atoms with Gasteiger partial charge in [-0.05, 0) is 24.3 Å². The minimum absolute atomic E-state index is 0.303. The Labute approximate surface area is 108 Å². The number of hydrogen-bond acceptors (Lipinski definition) is 2. The van der Waals surface area contributed by atoms with Crippen LogP contribution >= 0.6 is 23.2 Å². The second-order valence-corrected chi connectivity index (χ2v) is 4.32. The maximum absolute atomic E-state index is 10.7. The van der Waals surface area contributed by atoms with E-state index < -0.39 is 5.91 Å². The highest BCUT2D eigenvalue weighted by molar-refractivity contribution is 6.50. The van der Waals surface area contributed by atoms with Gasteiger partial charge in [0.25, 0.3) is 0 Å². The fraction of sp³-hybridized carbons (Fsp3) is 0.0833. The first-order chi connectivity index (χ1) is 8.08. The molecule has 0 unspecified atom stereocenters. The van der Waals surface area contributed by atoms with E-state index in [1.54, 1.807) is 24.3 Å². The van der Waals surface area contributed by atoms with Gasteiger partial charge in [0.2, 0.25) is 5.91 Å². The molecular weight excluding hydrogens is 261 g/mol. The summed E-state index contributed by atoms with van der Waals surface area (Å²) in [5.74, 6) is 0.148. The number of carbonyl (C=O) groups excluding carboxylic acids is 1. The van der Waals surface area contributed by atoms with Crippen LogP contribution in [0.15, 0.2) is 35.9 Å². The molecule has 0 saturated carbocycles. The molecular formula is C12H9Cl2NO2. The van der Waals surface area contributed by atoms with Crippen molar-refractivity contribution in [1.82, 2.24) is 0 Å². The van der Waals surface area contributed by atoms with Gasteiger partial charge in [0.1, 0.15) is 12.4 Å². The van der Waals surface area contributed by atoms with Crippen LogP contribution < -0.4 is 10.5 Å². The first kappa shape index (κ1) is 12.0. The summed E-state index contributed by atoms with van der Waals surface area (Å²) in [5.41, 5.74) is 6.43. The smallest absolute Gasteiger partial charge is 0.241 e. The van der Waals surface area contributed by atoms with Crippen molar-refractivity contribution >= 4 is 34.1 Å². The Bertz CT molecular complexity index is 535.